The molecule has 0 spiro atoms. The molecule has 0 radical (unpaired) electrons. The summed E-state index contributed by atoms with van der Waals surface area (Å²) in [5.74, 6) is -1.58. The van der Waals surface area contributed by atoms with Gasteiger partial charge in [0.05, 0.1) is 28.3 Å². The van der Waals surface area contributed by atoms with Crippen LogP contribution in [0.2, 0.25) is 0 Å². The topological polar surface area (TPSA) is 114 Å². The van der Waals surface area contributed by atoms with Crippen molar-refractivity contribution in [3.63, 3.8) is 0 Å². The van der Waals surface area contributed by atoms with E-state index in [0.29, 0.717) is 0 Å². The molecule has 1 rings (SSSR count). The molecule has 1 atom stereocenters. The van der Waals surface area contributed by atoms with Gasteiger partial charge in [0.25, 0.3) is 0 Å². The highest BCUT2D eigenvalue weighted by Gasteiger charge is 2.38. The van der Waals surface area contributed by atoms with Gasteiger partial charge in [0.2, 0.25) is 11.7 Å². The summed E-state index contributed by atoms with van der Waals surface area (Å²) in [6, 6.07) is 1.08. The van der Waals surface area contributed by atoms with Crippen molar-refractivity contribution in [2.75, 3.05) is 21.3 Å². The molecule has 0 bridgehead atoms. The first-order valence-corrected chi connectivity index (χ1v) is 5.65. The number of hydrogen-bond donors (Lipinski definition) is 2. The average molecular weight is 283 g/mol. The maximum atomic E-state index is 12.4. The number of benzene rings is 1. The minimum Gasteiger partial charge on any atom is -0.493 e. The van der Waals surface area contributed by atoms with Crippen molar-refractivity contribution >= 4 is 11.7 Å². The van der Waals surface area contributed by atoms with Gasteiger partial charge >= 0.3 is 0 Å². The molecule has 0 saturated heterocycles. The lowest BCUT2D eigenvalue weighted by Crippen LogP contribution is -2.55. The Morgan fingerprint density at radius 1 is 1.20 bits per heavy atom. The SMILES string of the molecule is [2H]c1cc(C(=O)[C@@](C)(N)C(N)=O)c(OC)c(OC)c1OC. The summed E-state index contributed by atoms with van der Waals surface area (Å²) in [6.07, 6.45) is 0. The lowest BCUT2D eigenvalue weighted by molar-refractivity contribution is -0.121. The predicted octanol–water partition coefficient (Wildman–Crippen LogP) is 0.0978. The van der Waals surface area contributed by atoms with E-state index in [4.69, 9.17) is 27.0 Å². The number of Topliss-reactive ketones (excluding diaryl/α,β-unsaturated/α-hetero) is 1. The van der Waals surface area contributed by atoms with Crippen LogP contribution in [0.3, 0.4) is 0 Å². The van der Waals surface area contributed by atoms with E-state index in [2.05, 4.69) is 0 Å². The number of nitrogens with two attached hydrogens (primary N) is 2. The maximum absolute atomic E-state index is 12.4. The van der Waals surface area contributed by atoms with Gasteiger partial charge in [0.15, 0.2) is 22.8 Å². The van der Waals surface area contributed by atoms with Crippen LogP contribution in [0.1, 0.15) is 18.7 Å². The van der Waals surface area contributed by atoms with E-state index in [1.807, 2.05) is 0 Å². The smallest absolute Gasteiger partial charge is 0.245 e. The predicted molar refractivity (Wildman–Crippen MR) is 72.2 cm³/mol. The highest BCUT2D eigenvalue weighted by molar-refractivity contribution is 6.18. The average Bonchev–Trinajstić information content (AvgIpc) is 2.44. The molecule has 7 nitrogen and oxygen atoms in total. The Bertz CT molecular complexity index is 586. The van der Waals surface area contributed by atoms with Crippen molar-refractivity contribution in [3.8, 4) is 17.2 Å². The van der Waals surface area contributed by atoms with E-state index in [-0.39, 0.29) is 28.9 Å². The van der Waals surface area contributed by atoms with Crippen molar-refractivity contribution in [2.24, 2.45) is 11.5 Å². The molecule has 1 aromatic rings. The number of ether oxygens (including phenoxy) is 3. The van der Waals surface area contributed by atoms with Crippen LogP contribution >= 0.6 is 0 Å². The Morgan fingerprint density at radius 2 is 1.75 bits per heavy atom. The second-order valence-corrected chi connectivity index (χ2v) is 4.20. The van der Waals surface area contributed by atoms with Gasteiger partial charge in [-0.05, 0) is 19.0 Å². The Labute approximate surface area is 118 Å². The number of primary amides is 1. The molecule has 0 aromatic heterocycles. The third-order valence-corrected chi connectivity index (χ3v) is 2.85. The molecule has 0 saturated carbocycles. The second-order valence-electron chi connectivity index (χ2n) is 4.20. The molecule has 0 heterocycles. The third-order valence-electron chi connectivity index (χ3n) is 2.85. The van der Waals surface area contributed by atoms with Gasteiger partial charge in [-0.25, -0.2) is 0 Å². The van der Waals surface area contributed by atoms with Crippen molar-refractivity contribution in [2.45, 2.75) is 12.5 Å². The van der Waals surface area contributed by atoms with Crippen LogP contribution in [-0.2, 0) is 4.79 Å². The van der Waals surface area contributed by atoms with Crippen LogP contribution < -0.4 is 25.7 Å². The number of carbonyl (C=O) groups is 2. The fourth-order valence-electron chi connectivity index (χ4n) is 1.59. The molecule has 110 valence electrons. The number of hydrogen-bond acceptors (Lipinski definition) is 6. The van der Waals surface area contributed by atoms with E-state index >= 15 is 0 Å². The highest BCUT2D eigenvalue weighted by atomic mass is 16.5. The molecule has 0 aliphatic rings. The summed E-state index contributed by atoms with van der Waals surface area (Å²) in [7, 11) is 4.01. The normalized spacial score (nSPS) is 13.9. The summed E-state index contributed by atoms with van der Waals surface area (Å²) in [6.45, 7) is 1.19. The van der Waals surface area contributed by atoms with Gasteiger partial charge < -0.3 is 25.7 Å². The number of methoxy groups -OCH3 is 3. The van der Waals surface area contributed by atoms with Crippen LogP contribution in [0.15, 0.2) is 12.1 Å². The molecule has 4 N–H and O–H groups in total. The largest absolute Gasteiger partial charge is 0.493 e. The maximum Gasteiger partial charge on any atom is 0.245 e. The molecule has 0 fully saturated rings. The summed E-state index contributed by atoms with van der Waals surface area (Å²) in [5, 5.41) is 0. The van der Waals surface area contributed by atoms with Crippen molar-refractivity contribution in [1.29, 1.82) is 0 Å². The molecule has 0 aliphatic carbocycles. The van der Waals surface area contributed by atoms with E-state index < -0.39 is 17.2 Å². The van der Waals surface area contributed by atoms with Crippen molar-refractivity contribution in [3.05, 3.63) is 17.7 Å². The summed E-state index contributed by atoms with van der Waals surface area (Å²) in [5.41, 5.74) is 8.78. The Kier molecular flexibility index (Phi) is 4.09. The van der Waals surface area contributed by atoms with Crippen molar-refractivity contribution < 1.29 is 25.2 Å². The molecule has 1 amide bonds. The van der Waals surface area contributed by atoms with E-state index in [0.717, 1.165) is 0 Å². The van der Waals surface area contributed by atoms with Crippen LogP contribution in [0.25, 0.3) is 0 Å². The van der Waals surface area contributed by atoms with Gasteiger partial charge in [0, 0.05) is 0 Å². The molecule has 20 heavy (non-hydrogen) atoms. The summed E-state index contributed by atoms with van der Waals surface area (Å²) >= 11 is 0. The van der Waals surface area contributed by atoms with E-state index in [9.17, 15) is 9.59 Å². The zero-order chi connectivity index (χ0) is 16.4. The monoisotopic (exact) mass is 283 g/mol. The standard InChI is InChI=1S/C13H18N2O5/c1-13(15,12(14)17)11(16)7-5-6-8(18-2)10(20-4)9(7)19-3/h5-6H,15H2,1-4H3,(H2,14,17)/t13-/m1/s1/i6D. The molecular weight excluding hydrogens is 264 g/mol. The molecule has 7 heteroatoms. The Balaban J connectivity index is 3.61. The van der Waals surface area contributed by atoms with E-state index in [1.165, 1.54) is 34.3 Å². The van der Waals surface area contributed by atoms with Gasteiger partial charge in [-0.2, -0.15) is 0 Å². The fraction of sp³-hybridized carbons (Fsp3) is 0.385. The third kappa shape index (κ3) is 2.53. The molecular formula is C13H18N2O5. The first-order valence-electron chi connectivity index (χ1n) is 6.15. The number of carbonyl (C=O) groups excluding carboxylic acids is 2. The van der Waals surface area contributed by atoms with Crippen LogP contribution in [-0.4, -0.2) is 38.6 Å². The lowest BCUT2D eigenvalue weighted by atomic mass is 9.90. The minimum absolute atomic E-state index is 0.0216. The second kappa shape index (κ2) is 5.79. The first kappa shape index (κ1) is 14.1. The van der Waals surface area contributed by atoms with E-state index in [1.54, 1.807) is 0 Å². The summed E-state index contributed by atoms with van der Waals surface area (Å²) < 4.78 is 23.2. The first-order chi connectivity index (χ1) is 9.72. The zero-order valence-electron chi connectivity index (χ0n) is 12.8. The summed E-state index contributed by atoms with van der Waals surface area (Å²) in [4.78, 5) is 23.8. The lowest BCUT2D eigenvalue weighted by Gasteiger charge is -2.21. The van der Waals surface area contributed by atoms with Gasteiger partial charge in [-0.1, -0.05) is 0 Å². The fourth-order valence-corrected chi connectivity index (χ4v) is 1.59. The quantitative estimate of drug-likeness (QED) is 0.565. The van der Waals surface area contributed by atoms with Gasteiger partial charge in [0.1, 0.15) is 0 Å². The highest BCUT2D eigenvalue weighted by Crippen LogP contribution is 2.40. The zero-order valence-corrected chi connectivity index (χ0v) is 11.8. The minimum atomic E-state index is -1.93. The Morgan fingerprint density at radius 3 is 2.15 bits per heavy atom. The van der Waals surface area contributed by atoms with Gasteiger partial charge in [-0.3, -0.25) is 9.59 Å². The van der Waals surface area contributed by atoms with Gasteiger partial charge in [-0.15, -0.1) is 0 Å². The van der Waals surface area contributed by atoms with Crippen LogP contribution in [0.4, 0.5) is 0 Å². The van der Waals surface area contributed by atoms with Crippen LogP contribution in [0.5, 0.6) is 17.2 Å². The Hall–Kier alpha value is -2.28. The molecule has 1 aromatic carbocycles. The van der Waals surface area contributed by atoms with Crippen LogP contribution in [0, 0.1) is 0 Å². The number of ketones is 1. The molecule has 0 unspecified atom stereocenters. The number of amides is 1. The number of rotatable bonds is 6. The molecule has 0 aliphatic heterocycles. The van der Waals surface area contributed by atoms with Crippen molar-refractivity contribution in [1.82, 2.24) is 0 Å².